The Kier molecular flexibility index (Phi) is 2.49. The number of rotatable bonds is 2. The molecule has 2 aliphatic rings. The molecule has 2 saturated heterocycles. The average Bonchev–Trinajstić information content (AvgIpc) is 2.72. The number of hydrogen-bond donors (Lipinski definition) is 1. The van der Waals surface area contributed by atoms with E-state index in [-0.39, 0.29) is 12.5 Å². The molecule has 0 spiro atoms. The third-order valence-corrected chi connectivity index (χ3v) is 3.42. The van der Waals surface area contributed by atoms with Gasteiger partial charge >= 0.3 is 0 Å². The lowest BCUT2D eigenvalue weighted by molar-refractivity contribution is -0.131. The van der Waals surface area contributed by atoms with E-state index < -0.39 is 5.60 Å². The number of hydrogen-bond acceptors (Lipinski definition) is 3. The quantitative estimate of drug-likeness (QED) is 0.681. The van der Waals surface area contributed by atoms with Crippen molar-refractivity contribution in [3.8, 4) is 0 Å². The van der Waals surface area contributed by atoms with Gasteiger partial charge in [-0.15, -0.1) is 0 Å². The molecule has 2 aliphatic heterocycles. The first-order chi connectivity index (χ1) is 6.72. The van der Waals surface area contributed by atoms with E-state index in [1.807, 2.05) is 11.8 Å². The molecule has 2 atom stereocenters. The van der Waals surface area contributed by atoms with Crippen LogP contribution in [-0.4, -0.2) is 47.8 Å². The lowest BCUT2D eigenvalue weighted by Gasteiger charge is -2.25. The lowest BCUT2D eigenvalue weighted by Crippen LogP contribution is -2.41. The van der Waals surface area contributed by atoms with Gasteiger partial charge in [0.15, 0.2) is 0 Å². The summed E-state index contributed by atoms with van der Waals surface area (Å²) in [5, 5.41) is 9.34. The van der Waals surface area contributed by atoms with Gasteiger partial charge in [0.1, 0.15) is 5.60 Å². The van der Waals surface area contributed by atoms with Crippen molar-refractivity contribution < 1.29 is 14.6 Å². The van der Waals surface area contributed by atoms with Gasteiger partial charge in [0.2, 0.25) is 5.91 Å². The minimum atomic E-state index is -0.440. The van der Waals surface area contributed by atoms with Gasteiger partial charge in [-0.1, -0.05) is 6.92 Å². The Morgan fingerprint density at radius 2 is 2.50 bits per heavy atom. The van der Waals surface area contributed by atoms with Crippen LogP contribution < -0.4 is 0 Å². The Balaban J connectivity index is 2.08. The highest BCUT2D eigenvalue weighted by Gasteiger charge is 2.51. The van der Waals surface area contributed by atoms with Crippen molar-refractivity contribution in [3.05, 3.63) is 0 Å². The zero-order chi connectivity index (χ0) is 10.2. The molecule has 0 aromatic carbocycles. The van der Waals surface area contributed by atoms with Gasteiger partial charge in [0.05, 0.1) is 13.2 Å². The van der Waals surface area contributed by atoms with Crippen molar-refractivity contribution in [1.29, 1.82) is 0 Å². The van der Waals surface area contributed by atoms with Gasteiger partial charge in [-0.25, -0.2) is 0 Å². The van der Waals surface area contributed by atoms with Gasteiger partial charge in [-0.05, 0) is 6.42 Å². The lowest BCUT2D eigenvalue weighted by atomic mass is 9.92. The number of aliphatic hydroxyl groups excluding tert-OH is 1. The van der Waals surface area contributed by atoms with Crippen molar-refractivity contribution >= 4 is 5.91 Å². The summed E-state index contributed by atoms with van der Waals surface area (Å²) in [6.45, 7) is 3.95. The molecular formula is C10H17NO3. The van der Waals surface area contributed by atoms with Crippen molar-refractivity contribution in [1.82, 2.24) is 4.90 Å². The first-order valence-electron chi connectivity index (χ1n) is 5.24. The van der Waals surface area contributed by atoms with Crippen LogP contribution in [0.3, 0.4) is 0 Å². The van der Waals surface area contributed by atoms with E-state index in [1.165, 1.54) is 0 Å². The van der Waals surface area contributed by atoms with E-state index in [2.05, 4.69) is 0 Å². The molecule has 1 N–H and O–H groups in total. The maximum atomic E-state index is 11.5. The van der Waals surface area contributed by atoms with E-state index in [0.717, 1.165) is 19.6 Å². The molecule has 2 rings (SSSR count). The summed E-state index contributed by atoms with van der Waals surface area (Å²) in [6, 6.07) is 0. The van der Waals surface area contributed by atoms with Gasteiger partial charge < -0.3 is 14.7 Å². The number of aliphatic hydroxyl groups is 1. The molecule has 2 unspecified atom stereocenters. The number of amides is 1. The molecule has 4 nitrogen and oxygen atoms in total. The van der Waals surface area contributed by atoms with Crippen molar-refractivity contribution in [3.63, 3.8) is 0 Å². The zero-order valence-electron chi connectivity index (χ0n) is 8.53. The fourth-order valence-electron chi connectivity index (χ4n) is 2.51. The number of ether oxygens (including phenoxy) is 1. The molecule has 4 heteroatoms. The second kappa shape index (κ2) is 3.51. The minimum Gasteiger partial charge on any atom is -0.393 e. The highest BCUT2D eigenvalue weighted by Crippen LogP contribution is 2.38. The maximum Gasteiger partial charge on any atom is 0.222 e. The van der Waals surface area contributed by atoms with Crippen molar-refractivity contribution in [2.75, 3.05) is 26.3 Å². The van der Waals surface area contributed by atoms with Crippen LogP contribution in [0.2, 0.25) is 0 Å². The number of carbonyl (C=O) groups is 1. The number of fused-ring (bicyclic) bond motifs is 1. The largest absolute Gasteiger partial charge is 0.393 e. The maximum absolute atomic E-state index is 11.5. The van der Waals surface area contributed by atoms with Crippen LogP contribution in [0.15, 0.2) is 0 Å². The van der Waals surface area contributed by atoms with E-state index in [0.29, 0.717) is 18.9 Å². The number of nitrogens with zero attached hydrogens (tertiary/aromatic N) is 1. The molecule has 0 aromatic heterocycles. The molecule has 2 fully saturated rings. The molecular weight excluding hydrogens is 182 g/mol. The SMILES string of the molecule is CCC(=O)N1CC2CCOC2(CO)C1. The highest BCUT2D eigenvalue weighted by atomic mass is 16.5. The average molecular weight is 199 g/mol. The van der Waals surface area contributed by atoms with E-state index in [9.17, 15) is 9.90 Å². The summed E-state index contributed by atoms with van der Waals surface area (Å²) >= 11 is 0. The van der Waals surface area contributed by atoms with Crippen LogP contribution in [0.4, 0.5) is 0 Å². The summed E-state index contributed by atoms with van der Waals surface area (Å²) in [5.74, 6) is 0.499. The second-order valence-electron chi connectivity index (χ2n) is 4.18. The van der Waals surface area contributed by atoms with Crippen molar-refractivity contribution in [2.24, 2.45) is 5.92 Å². The molecule has 0 radical (unpaired) electrons. The van der Waals surface area contributed by atoms with Gasteiger partial charge in [0, 0.05) is 25.5 Å². The van der Waals surface area contributed by atoms with Crippen LogP contribution in [0.25, 0.3) is 0 Å². The summed E-state index contributed by atoms with van der Waals surface area (Å²) in [6.07, 6.45) is 1.50. The predicted molar refractivity (Wildman–Crippen MR) is 50.7 cm³/mol. The predicted octanol–water partition coefficient (Wildman–Crippen LogP) is 0.00620. The number of likely N-dealkylation sites (tertiary alicyclic amines) is 1. The van der Waals surface area contributed by atoms with Crippen LogP contribution in [0.5, 0.6) is 0 Å². The van der Waals surface area contributed by atoms with Crippen LogP contribution in [-0.2, 0) is 9.53 Å². The molecule has 2 heterocycles. The molecule has 0 bridgehead atoms. The van der Waals surface area contributed by atoms with Crippen LogP contribution in [0.1, 0.15) is 19.8 Å². The van der Waals surface area contributed by atoms with Crippen LogP contribution in [0, 0.1) is 5.92 Å². The monoisotopic (exact) mass is 199 g/mol. The fraction of sp³-hybridized carbons (Fsp3) is 0.900. The van der Waals surface area contributed by atoms with E-state index in [1.54, 1.807) is 0 Å². The highest BCUT2D eigenvalue weighted by molar-refractivity contribution is 5.76. The van der Waals surface area contributed by atoms with Crippen LogP contribution >= 0.6 is 0 Å². The van der Waals surface area contributed by atoms with E-state index >= 15 is 0 Å². The van der Waals surface area contributed by atoms with Gasteiger partial charge in [0.25, 0.3) is 0 Å². The minimum absolute atomic E-state index is 0.0329. The summed E-state index contributed by atoms with van der Waals surface area (Å²) in [5.41, 5.74) is -0.440. The fourth-order valence-corrected chi connectivity index (χ4v) is 2.51. The number of carbonyl (C=O) groups excluding carboxylic acids is 1. The third kappa shape index (κ3) is 1.33. The zero-order valence-corrected chi connectivity index (χ0v) is 8.53. The Labute approximate surface area is 83.8 Å². The Hall–Kier alpha value is -0.610. The van der Waals surface area contributed by atoms with Gasteiger partial charge in [-0.3, -0.25) is 4.79 Å². The van der Waals surface area contributed by atoms with Gasteiger partial charge in [-0.2, -0.15) is 0 Å². The summed E-state index contributed by atoms with van der Waals surface area (Å²) in [4.78, 5) is 13.3. The first kappa shape index (κ1) is 9.93. The third-order valence-electron chi connectivity index (χ3n) is 3.42. The Morgan fingerprint density at radius 1 is 1.71 bits per heavy atom. The first-order valence-corrected chi connectivity index (χ1v) is 5.24. The molecule has 1 amide bonds. The smallest absolute Gasteiger partial charge is 0.222 e. The molecule has 14 heavy (non-hydrogen) atoms. The Bertz CT molecular complexity index is 244. The topological polar surface area (TPSA) is 49.8 Å². The summed E-state index contributed by atoms with van der Waals surface area (Å²) < 4.78 is 5.59. The molecule has 0 saturated carbocycles. The molecule has 80 valence electrons. The molecule has 0 aromatic rings. The summed E-state index contributed by atoms with van der Waals surface area (Å²) in [7, 11) is 0. The van der Waals surface area contributed by atoms with Crippen molar-refractivity contribution in [2.45, 2.75) is 25.4 Å². The Morgan fingerprint density at radius 3 is 3.07 bits per heavy atom. The standard InChI is InChI=1S/C10H17NO3/c1-2-9(13)11-5-8-3-4-14-10(8,6-11)7-12/h8,12H,2-7H2,1H3. The normalized spacial score (nSPS) is 36.1. The van der Waals surface area contributed by atoms with E-state index in [4.69, 9.17) is 4.74 Å². The second-order valence-corrected chi connectivity index (χ2v) is 4.18. The molecule has 0 aliphatic carbocycles.